The van der Waals surface area contributed by atoms with E-state index >= 15 is 4.39 Å². The van der Waals surface area contributed by atoms with Crippen LogP contribution < -0.4 is 0 Å². The van der Waals surface area contributed by atoms with E-state index in [-0.39, 0.29) is 23.5 Å². The first-order chi connectivity index (χ1) is 13.5. The number of hydrogen-bond acceptors (Lipinski definition) is 3. The van der Waals surface area contributed by atoms with Gasteiger partial charge in [0.05, 0.1) is 18.7 Å². The highest BCUT2D eigenvalue weighted by Crippen LogP contribution is 2.34. The van der Waals surface area contributed by atoms with E-state index in [1.165, 1.54) is 0 Å². The molecule has 2 saturated heterocycles. The van der Waals surface area contributed by atoms with Gasteiger partial charge in [-0.2, -0.15) is 0 Å². The molecule has 1 N–H and O–H groups in total. The predicted molar refractivity (Wildman–Crippen MR) is 104 cm³/mol. The van der Waals surface area contributed by atoms with E-state index in [0.29, 0.717) is 49.6 Å². The molecule has 2 aliphatic rings. The second-order valence-corrected chi connectivity index (χ2v) is 7.78. The molecule has 7 heteroatoms. The molecule has 0 saturated carbocycles. The van der Waals surface area contributed by atoms with Gasteiger partial charge in [-0.05, 0) is 37.0 Å². The molecule has 0 spiro atoms. The molecule has 0 bridgehead atoms. The van der Waals surface area contributed by atoms with Gasteiger partial charge in [0.15, 0.2) is 5.82 Å². The molecule has 2 aromatic rings. The SMILES string of the molecule is CC(=O)N1CCCC(c2cc(C)c3cc(C(=O)N4CCOCC4)[nH]c3c2F)C1. The number of carbonyl (C=O) groups excluding carboxylic acids is 2. The zero-order chi connectivity index (χ0) is 19.8. The quantitative estimate of drug-likeness (QED) is 0.862. The first-order valence-corrected chi connectivity index (χ1v) is 9.90. The normalized spacial score (nSPS) is 20.6. The molecule has 0 radical (unpaired) electrons. The van der Waals surface area contributed by atoms with Crippen LogP contribution in [0.15, 0.2) is 12.1 Å². The Morgan fingerprint density at radius 1 is 1.18 bits per heavy atom. The summed E-state index contributed by atoms with van der Waals surface area (Å²) < 4.78 is 20.7. The summed E-state index contributed by atoms with van der Waals surface area (Å²) in [6, 6.07) is 3.63. The summed E-state index contributed by atoms with van der Waals surface area (Å²) in [5, 5.41) is 0.733. The highest BCUT2D eigenvalue weighted by Gasteiger charge is 2.28. The Hall–Kier alpha value is -2.41. The van der Waals surface area contributed by atoms with Crippen LogP contribution in [-0.2, 0) is 9.53 Å². The van der Waals surface area contributed by atoms with Crippen molar-refractivity contribution in [3.63, 3.8) is 0 Å². The number of aryl methyl sites for hydroxylation is 1. The minimum atomic E-state index is -0.308. The van der Waals surface area contributed by atoms with Gasteiger partial charge >= 0.3 is 0 Å². The van der Waals surface area contributed by atoms with E-state index in [9.17, 15) is 9.59 Å². The molecule has 0 aliphatic carbocycles. The maximum absolute atomic E-state index is 15.4. The first-order valence-electron chi connectivity index (χ1n) is 9.90. The lowest BCUT2D eigenvalue weighted by molar-refractivity contribution is -0.130. The molecule has 150 valence electrons. The van der Waals surface area contributed by atoms with Gasteiger partial charge in [0.1, 0.15) is 5.69 Å². The van der Waals surface area contributed by atoms with Gasteiger partial charge in [0.25, 0.3) is 5.91 Å². The van der Waals surface area contributed by atoms with Crippen molar-refractivity contribution in [3.05, 3.63) is 34.8 Å². The number of morpholine rings is 1. The maximum Gasteiger partial charge on any atom is 0.270 e. The van der Waals surface area contributed by atoms with Crippen LogP contribution >= 0.6 is 0 Å². The zero-order valence-corrected chi connectivity index (χ0v) is 16.4. The van der Waals surface area contributed by atoms with Crippen molar-refractivity contribution in [2.75, 3.05) is 39.4 Å². The molecule has 3 heterocycles. The van der Waals surface area contributed by atoms with Crippen LogP contribution in [0.1, 0.15) is 47.3 Å². The highest BCUT2D eigenvalue weighted by molar-refractivity contribution is 5.99. The second-order valence-electron chi connectivity index (χ2n) is 7.78. The lowest BCUT2D eigenvalue weighted by Crippen LogP contribution is -2.40. The number of fused-ring (bicyclic) bond motifs is 1. The van der Waals surface area contributed by atoms with Crippen molar-refractivity contribution in [1.29, 1.82) is 0 Å². The van der Waals surface area contributed by atoms with Crippen molar-refractivity contribution in [2.45, 2.75) is 32.6 Å². The number of benzene rings is 1. The second kappa shape index (κ2) is 7.54. The Bertz CT molecular complexity index is 917. The lowest BCUT2D eigenvalue weighted by Gasteiger charge is -2.32. The van der Waals surface area contributed by atoms with Gasteiger partial charge < -0.3 is 19.5 Å². The molecule has 1 aromatic carbocycles. The van der Waals surface area contributed by atoms with Crippen LogP contribution in [0.25, 0.3) is 10.9 Å². The molecule has 2 amide bonds. The molecule has 6 nitrogen and oxygen atoms in total. The number of likely N-dealkylation sites (tertiary alicyclic amines) is 1. The average molecular weight is 387 g/mol. The van der Waals surface area contributed by atoms with Crippen LogP contribution in [0.5, 0.6) is 0 Å². The Balaban J connectivity index is 1.68. The number of aromatic amines is 1. The van der Waals surface area contributed by atoms with E-state index in [1.54, 1.807) is 22.8 Å². The number of nitrogens with one attached hydrogen (secondary N) is 1. The fourth-order valence-electron chi connectivity index (χ4n) is 4.32. The zero-order valence-electron chi connectivity index (χ0n) is 16.4. The van der Waals surface area contributed by atoms with Gasteiger partial charge in [-0.3, -0.25) is 9.59 Å². The van der Waals surface area contributed by atoms with Crippen LogP contribution in [0.3, 0.4) is 0 Å². The van der Waals surface area contributed by atoms with Gasteiger partial charge in [0, 0.05) is 44.4 Å². The summed E-state index contributed by atoms with van der Waals surface area (Å²) in [4.78, 5) is 31.1. The number of ether oxygens (including phenoxy) is 1. The summed E-state index contributed by atoms with van der Waals surface area (Å²) in [7, 11) is 0. The smallest absolute Gasteiger partial charge is 0.270 e. The standard InChI is InChI=1S/C21H26FN3O3/c1-13-10-17(15-4-3-5-25(12-15)14(2)26)19(22)20-16(13)11-18(23-20)21(27)24-6-8-28-9-7-24/h10-11,15,23H,3-9,12H2,1-2H3. The third-order valence-electron chi connectivity index (χ3n) is 5.92. The molecular formula is C21H26FN3O3. The van der Waals surface area contributed by atoms with Crippen molar-refractivity contribution in [2.24, 2.45) is 0 Å². The number of carbonyl (C=O) groups is 2. The van der Waals surface area contributed by atoms with Crippen LogP contribution in [0.2, 0.25) is 0 Å². The van der Waals surface area contributed by atoms with Gasteiger partial charge in [-0.25, -0.2) is 4.39 Å². The molecule has 1 unspecified atom stereocenters. The predicted octanol–water partition coefficient (Wildman–Crippen LogP) is 2.81. The molecule has 2 aliphatic heterocycles. The number of hydrogen-bond donors (Lipinski definition) is 1. The number of amides is 2. The number of nitrogens with zero attached hydrogens (tertiary/aromatic N) is 2. The van der Waals surface area contributed by atoms with Crippen molar-refractivity contribution < 1.29 is 18.7 Å². The number of piperidine rings is 1. The van der Waals surface area contributed by atoms with E-state index in [2.05, 4.69) is 4.98 Å². The maximum atomic E-state index is 15.4. The van der Waals surface area contributed by atoms with E-state index in [1.807, 2.05) is 13.0 Å². The minimum absolute atomic E-state index is 0.0255. The molecule has 1 atom stereocenters. The van der Waals surface area contributed by atoms with E-state index < -0.39 is 0 Å². The van der Waals surface area contributed by atoms with Crippen LogP contribution in [0.4, 0.5) is 4.39 Å². The third kappa shape index (κ3) is 3.39. The first kappa shape index (κ1) is 18.9. The lowest BCUT2D eigenvalue weighted by atomic mass is 9.88. The molecule has 28 heavy (non-hydrogen) atoms. The third-order valence-corrected chi connectivity index (χ3v) is 5.92. The fourth-order valence-corrected chi connectivity index (χ4v) is 4.32. The Labute approximate surface area is 163 Å². The Morgan fingerprint density at radius 2 is 1.93 bits per heavy atom. The molecule has 2 fully saturated rings. The average Bonchev–Trinajstić information content (AvgIpc) is 3.17. The van der Waals surface area contributed by atoms with Crippen LogP contribution in [0, 0.1) is 12.7 Å². The Morgan fingerprint density at radius 3 is 2.64 bits per heavy atom. The van der Waals surface area contributed by atoms with Crippen molar-refractivity contribution in [1.82, 2.24) is 14.8 Å². The topological polar surface area (TPSA) is 65.6 Å². The van der Waals surface area contributed by atoms with Crippen LogP contribution in [-0.4, -0.2) is 66.0 Å². The molecular weight excluding hydrogens is 361 g/mol. The van der Waals surface area contributed by atoms with Gasteiger partial charge in [-0.15, -0.1) is 0 Å². The largest absolute Gasteiger partial charge is 0.378 e. The van der Waals surface area contributed by atoms with E-state index in [4.69, 9.17) is 4.74 Å². The van der Waals surface area contributed by atoms with Crippen molar-refractivity contribution in [3.8, 4) is 0 Å². The fraction of sp³-hybridized carbons (Fsp3) is 0.524. The van der Waals surface area contributed by atoms with E-state index in [0.717, 1.165) is 30.3 Å². The van der Waals surface area contributed by atoms with Gasteiger partial charge in [-0.1, -0.05) is 6.07 Å². The van der Waals surface area contributed by atoms with Crippen molar-refractivity contribution >= 4 is 22.7 Å². The summed E-state index contributed by atoms with van der Waals surface area (Å²) >= 11 is 0. The summed E-state index contributed by atoms with van der Waals surface area (Å²) in [6.45, 7) is 6.91. The van der Waals surface area contributed by atoms with Gasteiger partial charge in [0.2, 0.25) is 5.91 Å². The highest BCUT2D eigenvalue weighted by atomic mass is 19.1. The monoisotopic (exact) mass is 387 g/mol. The number of H-pyrrole nitrogens is 1. The summed E-state index contributed by atoms with van der Waals surface area (Å²) in [6.07, 6.45) is 1.72. The number of halogens is 1. The number of aromatic nitrogens is 1. The summed E-state index contributed by atoms with van der Waals surface area (Å²) in [5.41, 5.74) is 2.35. The minimum Gasteiger partial charge on any atom is -0.378 e. The molecule has 4 rings (SSSR count). The Kier molecular flexibility index (Phi) is 5.10. The number of rotatable bonds is 2. The molecule has 1 aromatic heterocycles. The summed E-state index contributed by atoms with van der Waals surface area (Å²) in [5.74, 6) is -0.430.